The van der Waals surface area contributed by atoms with E-state index in [2.05, 4.69) is 9.71 Å². The smallest absolute Gasteiger partial charge is 0.189 e. The van der Waals surface area contributed by atoms with Crippen LogP contribution in [0.5, 0.6) is 0 Å². The fourth-order valence-corrected chi connectivity index (χ4v) is 2.46. The van der Waals surface area contributed by atoms with Gasteiger partial charge < -0.3 is 9.29 Å². The van der Waals surface area contributed by atoms with Crippen molar-refractivity contribution in [3.05, 3.63) is 30.1 Å². The van der Waals surface area contributed by atoms with Crippen molar-refractivity contribution >= 4 is 11.4 Å². The maximum atomic E-state index is 12.1. The highest BCUT2D eigenvalue weighted by molar-refractivity contribution is 7.90. The lowest BCUT2D eigenvalue weighted by molar-refractivity contribution is -0.162. The van der Waals surface area contributed by atoms with Crippen LogP contribution in [0, 0.1) is 0 Å². The molecule has 4 nitrogen and oxygen atoms in total. The van der Waals surface area contributed by atoms with E-state index < -0.39 is 17.1 Å². The Morgan fingerprint density at radius 1 is 1.53 bits per heavy atom. The molecule has 1 saturated heterocycles. The molecule has 17 heavy (non-hydrogen) atoms. The molecule has 0 spiro atoms. The highest BCUT2D eigenvalue weighted by Gasteiger charge is 2.46. The molecule has 1 aliphatic rings. The van der Waals surface area contributed by atoms with Crippen molar-refractivity contribution in [2.75, 3.05) is 6.61 Å². The van der Waals surface area contributed by atoms with Gasteiger partial charge in [0.25, 0.3) is 0 Å². The highest BCUT2D eigenvalue weighted by atomic mass is 32.2. The Kier molecular flexibility index (Phi) is 3.45. The molecule has 0 aromatic carbocycles. The minimum absolute atomic E-state index is 0.311. The number of nitrogens with zero attached hydrogens (tertiary/aromatic N) is 1. The van der Waals surface area contributed by atoms with Crippen LogP contribution >= 0.6 is 0 Å². The Morgan fingerprint density at radius 2 is 2.24 bits per heavy atom. The van der Waals surface area contributed by atoms with Gasteiger partial charge in [0.15, 0.2) is 5.72 Å². The summed E-state index contributed by atoms with van der Waals surface area (Å²) in [7, 11) is 0. The first-order chi connectivity index (χ1) is 7.94. The Labute approximate surface area is 105 Å². The lowest BCUT2D eigenvalue weighted by atomic mass is 9.98. The minimum Gasteiger partial charge on any atom is -0.598 e. The first-order valence-corrected chi connectivity index (χ1v) is 6.83. The van der Waals surface area contributed by atoms with Crippen LogP contribution in [-0.4, -0.2) is 20.9 Å². The minimum atomic E-state index is -1.16. The van der Waals surface area contributed by atoms with E-state index in [0.717, 1.165) is 12.0 Å². The summed E-state index contributed by atoms with van der Waals surface area (Å²) in [6.45, 7) is 6.49. The van der Waals surface area contributed by atoms with E-state index in [9.17, 15) is 4.55 Å². The summed E-state index contributed by atoms with van der Waals surface area (Å²) in [6.07, 6.45) is 4.29. The first-order valence-electron chi connectivity index (χ1n) is 5.68. The van der Waals surface area contributed by atoms with Gasteiger partial charge in [0.05, 0.1) is 6.61 Å². The second kappa shape index (κ2) is 4.57. The van der Waals surface area contributed by atoms with Crippen LogP contribution < -0.4 is 4.72 Å². The monoisotopic (exact) mass is 254 g/mol. The van der Waals surface area contributed by atoms with Gasteiger partial charge in [0.2, 0.25) is 0 Å². The largest absolute Gasteiger partial charge is 0.598 e. The van der Waals surface area contributed by atoms with E-state index in [1.807, 2.05) is 32.9 Å². The first kappa shape index (κ1) is 12.8. The van der Waals surface area contributed by atoms with Crippen LogP contribution in [0.1, 0.15) is 32.8 Å². The molecule has 94 valence electrons. The van der Waals surface area contributed by atoms with Gasteiger partial charge >= 0.3 is 0 Å². The van der Waals surface area contributed by atoms with E-state index in [1.165, 1.54) is 0 Å². The third-order valence-electron chi connectivity index (χ3n) is 2.74. The summed E-state index contributed by atoms with van der Waals surface area (Å²) in [5, 5.41) is 0. The van der Waals surface area contributed by atoms with Crippen molar-refractivity contribution < 1.29 is 9.29 Å². The molecule has 0 bridgehead atoms. The topological polar surface area (TPSA) is 57.2 Å². The number of hydrogen-bond acceptors (Lipinski definition) is 4. The Hall–Kier alpha value is -0.620. The summed E-state index contributed by atoms with van der Waals surface area (Å²) < 4.78 is 20.6. The standard InChI is InChI=1S/C12H18N2O2S/c1-11(2,3)17(15)14-12(6-8-16-12)10-5-4-7-13-9-10/h4-5,7,9,14H,6,8H2,1-3H3. The molecule has 1 aromatic rings. The predicted molar refractivity (Wildman–Crippen MR) is 67.5 cm³/mol. The molecule has 0 amide bonds. The molecule has 5 heteroatoms. The number of rotatable bonds is 3. The third-order valence-corrected chi connectivity index (χ3v) is 4.37. The van der Waals surface area contributed by atoms with Crippen molar-refractivity contribution in [2.45, 2.75) is 37.7 Å². The van der Waals surface area contributed by atoms with Crippen LogP contribution in [0.3, 0.4) is 0 Å². The van der Waals surface area contributed by atoms with Crippen LogP contribution in [0.4, 0.5) is 0 Å². The van der Waals surface area contributed by atoms with Gasteiger partial charge in [-0.3, -0.25) is 4.98 Å². The second-order valence-electron chi connectivity index (χ2n) is 5.15. The average molecular weight is 254 g/mol. The summed E-state index contributed by atoms with van der Waals surface area (Å²) in [4.78, 5) is 4.08. The van der Waals surface area contributed by atoms with Crippen molar-refractivity contribution in [2.24, 2.45) is 0 Å². The zero-order valence-corrected chi connectivity index (χ0v) is 11.2. The molecule has 1 fully saturated rings. The molecule has 1 aromatic heterocycles. The normalized spacial score (nSPS) is 26.4. The Morgan fingerprint density at radius 3 is 2.65 bits per heavy atom. The molecule has 1 N–H and O–H groups in total. The average Bonchev–Trinajstić information content (AvgIpc) is 2.23. The molecular formula is C12H18N2O2S. The van der Waals surface area contributed by atoms with Gasteiger partial charge in [-0.15, -0.1) is 4.72 Å². The van der Waals surface area contributed by atoms with Crippen LogP contribution in [-0.2, 0) is 21.8 Å². The quantitative estimate of drug-likeness (QED) is 0.834. The SMILES string of the molecule is CC(C)(C)[S+]([O-])NC1(c2cccnc2)CCO1. The fraction of sp³-hybridized carbons (Fsp3) is 0.583. The van der Waals surface area contributed by atoms with E-state index in [1.54, 1.807) is 12.4 Å². The molecule has 1 aliphatic heterocycles. The number of hydrogen-bond donors (Lipinski definition) is 1. The molecule has 2 unspecified atom stereocenters. The summed E-state index contributed by atoms with van der Waals surface area (Å²) in [6, 6.07) is 3.81. The zero-order chi connectivity index (χ0) is 12.5. The van der Waals surface area contributed by atoms with Gasteiger partial charge in [-0.05, 0) is 26.8 Å². The molecule has 0 radical (unpaired) electrons. The second-order valence-corrected chi connectivity index (χ2v) is 7.12. The maximum Gasteiger partial charge on any atom is 0.189 e. The Balaban J connectivity index is 2.16. The maximum absolute atomic E-state index is 12.1. The summed E-state index contributed by atoms with van der Waals surface area (Å²) >= 11 is -1.16. The Bertz CT molecular complexity index is 374. The van der Waals surface area contributed by atoms with Crippen LogP contribution in [0.2, 0.25) is 0 Å². The lowest BCUT2D eigenvalue weighted by Gasteiger charge is -2.43. The van der Waals surface area contributed by atoms with Crippen molar-refractivity contribution in [1.82, 2.24) is 9.71 Å². The van der Waals surface area contributed by atoms with E-state index in [0.29, 0.717) is 6.61 Å². The predicted octanol–water partition coefficient (Wildman–Crippen LogP) is 1.71. The molecular weight excluding hydrogens is 236 g/mol. The van der Waals surface area contributed by atoms with Crippen molar-refractivity contribution in [1.29, 1.82) is 0 Å². The third kappa shape index (κ3) is 2.63. The number of ether oxygens (including phenoxy) is 1. The van der Waals surface area contributed by atoms with Gasteiger partial charge in [0, 0.05) is 35.7 Å². The molecule has 2 heterocycles. The van der Waals surface area contributed by atoms with Gasteiger partial charge in [-0.1, -0.05) is 6.07 Å². The molecule has 2 atom stereocenters. The van der Waals surface area contributed by atoms with Gasteiger partial charge in [0.1, 0.15) is 4.75 Å². The van der Waals surface area contributed by atoms with Crippen LogP contribution in [0.15, 0.2) is 24.5 Å². The molecule has 0 saturated carbocycles. The summed E-state index contributed by atoms with van der Waals surface area (Å²) in [5.74, 6) is 0. The number of aromatic nitrogens is 1. The van der Waals surface area contributed by atoms with Gasteiger partial charge in [-0.25, -0.2) is 0 Å². The van der Waals surface area contributed by atoms with Crippen molar-refractivity contribution in [3.8, 4) is 0 Å². The zero-order valence-electron chi connectivity index (χ0n) is 10.4. The number of pyridine rings is 1. The lowest BCUT2D eigenvalue weighted by Crippen LogP contribution is -2.58. The van der Waals surface area contributed by atoms with Crippen molar-refractivity contribution in [3.63, 3.8) is 0 Å². The molecule has 2 rings (SSSR count). The molecule has 0 aliphatic carbocycles. The number of nitrogens with one attached hydrogen (secondary N) is 1. The van der Waals surface area contributed by atoms with E-state index in [-0.39, 0.29) is 4.75 Å². The van der Waals surface area contributed by atoms with E-state index >= 15 is 0 Å². The van der Waals surface area contributed by atoms with E-state index in [4.69, 9.17) is 4.74 Å². The van der Waals surface area contributed by atoms with Crippen LogP contribution in [0.25, 0.3) is 0 Å². The fourth-order valence-electron chi connectivity index (χ4n) is 1.58. The summed E-state index contributed by atoms with van der Waals surface area (Å²) in [5.41, 5.74) is 0.315. The highest BCUT2D eigenvalue weighted by Crippen LogP contribution is 2.36. The van der Waals surface area contributed by atoms with Gasteiger partial charge in [-0.2, -0.15) is 0 Å².